The van der Waals surface area contributed by atoms with E-state index in [9.17, 15) is 18.0 Å². The number of carbonyl (C=O) groups excluding carboxylic acids is 2. The highest BCUT2D eigenvalue weighted by Crippen LogP contribution is 2.29. The maximum atomic E-state index is 14.0. The Morgan fingerprint density at radius 3 is 2.05 bits per heavy atom. The molecule has 0 fully saturated rings. The molecule has 0 aliphatic heterocycles. The Kier molecular flexibility index (Phi) is 11.1. The molecule has 11 heteroatoms. The number of hydrogen-bond acceptors (Lipinski definition) is 5. The van der Waals surface area contributed by atoms with Gasteiger partial charge in [0.05, 0.1) is 17.7 Å². The van der Waals surface area contributed by atoms with Crippen molar-refractivity contribution in [1.82, 2.24) is 10.2 Å². The highest BCUT2D eigenvalue weighted by atomic mass is 35.5. The van der Waals surface area contributed by atoms with Crippen molar-refractivity contribution in [2.45, 2.75) is 45.2 Å². The van der Waals surface area contributed by atoms with Crippen LogP contribution >= 0.6 is 23.2 Å². The van der Waals surface area contributed by atoms with Gasteiger partial charge in [0.25, 0.3) is 10.0 Å². The van der Waals surface area contributed by atoms with Crippen molar-refractivity contribution in [3.05, 3.63) is 87.9 Å². The molecule has 0 saturated carbocycles. The van der Waals surface area contributed by atoms with E-state index in [0.717, 1.165) is 9.87 Å². The van der Waals surface area contributed by atoms with Crippen LogP contribution in [0.2, 0.25) is 10.0 Å². The Bertz CT molecular complexity index is 1440. The van der Waals surface area contributed by atoms with E-state index in [1.807, 2.05) is 20.8 Å². The summed E-state index contributed by atoms with van der Waals surface area (Å²) in [5.41, 5.74) is 1.67. The minimum absolute atomic E-state index is 0.0184. The number of sulfonamides is 1. The number of nitrogens with one attached hydrogen (secondary N) is 1. The number of hydrogen-bond donors (Lipinski definition) is 1. The van der Waals surface area contributed by atoms with Crippen LogP contribution in [-0.4, -0.2) is 51.4 Å². The fourth-order valence-corrected chi connectivity index (χ4v) is 5.93. The van der Waals surface area contributed by atoms with Gasteiger partial charge in [-0.2, -0.15) is 0 Å². The van der Waals surface area contributed by atoms with Crippen LogP contribution in [0.25, 0.3) is 0 Å². The zero-order chi connectivity index (χ0) is 30.3. The van der Waals surface area contributed by atoms with Gasteiger partial charge in [0.15, 0.2) is 0 Å². The second kappa shape index (κ2) is 14.1. The van der Waals surface area contributed by atoms with Crippen LogP contribution < -0.4 is 14.4 Å². The molecule has 0 unspecified atom stereocenters. The number of aryl methyl sites for hydroxylation is 1. The normalized spacial score (nSPS) is 12.1. The summed E-state index contributed by atoms with van der Waals surface area (Å²) in [6.07, 6.45) is 0. The number of anilines is 1. The summed E-state index contributed by atoms with van der Waals surface area (Å²) in [5.74, 6) is -0.299. The summed E-state index contributed by atoms with van der Waals surface area (Å²) in [6, 6.07) is 16.7. The van der Waals surface area contributed by atoms with Crippen LogP contribution in [-0.2, 0) is 26.2 Å². The summed E-state index contributed by atoms with van der Waals surface area (Å²) < 4.78 is 34.0. The minimum atomic E-state index is -4.20. The van der Waals surface area contributed by atoms with Gasteiger partial charge in [-0.15, -0.1) is 0 Å². The standard InChI is InChI=1S/C30H35Cl2N3O5S/c1-20(2)17-33-30(37)22(4)34(18-26-27(31)7-6-8-28(26)32)29(36)19-35(23-11-9-21(3)10-12-23)41(38,39)25-15-13-24(40-5)14-16-25/h6-16,20,22H,17-19H2,1-5H3,(H,33,37)/t22-/m1/s1. The Morgan fingerprint density at radius 2 is 1.51 bits per heavy atom. The quantitative estimate of drug-likeness (QED) is 0.281. The Balaban J connectivity index is 2.05. The highest BCUT2D eigenvalue weighted by Gasteiger charge is 2.33. The Labute approximate surface area is 252 Å². The van der Waals surface area contributed by atoms with E-state index in [0.29, 0.717) is 33.6 Å². The third-order valence-electron chi connectivity index (χ3n) is 6.49. The van der Waals surface area contributed by atoms with Crippen molar-refractivity contribution >= 4 is 50.7 Å². The van der Waals surface area contributed by atoms with Crippen LogP contribution in [0.15, 0.2) is 71.6 Å². The lowest BCUT2D eigenvalue weighted by Gasteiger charge is -2.32. The summed E-state index contributed by atoms with van der Waals surface area (Å²) in [4.78, 5) is 28.4. The van der Waals surface area contributed by atoms with Gasteiger partial charge in [0.1, 0.15) is 18.3 Å². The molecule has 0 saturated heterocycles. The van der Waals surface area contributed by atoms with E-state index in [-0.39, 0.29) is 23.3 Å². The molecule has 1 atom stereocenters. The predicted octanol–water partition coefficient (Wildman–Crippen LogP) is 5.70. The lowest BCUT2D eigenvalue weighted by atomic mass is 10.1. The van der Waals surface area contributed by atoms with Crippen LogP contribution in [0.4, 0.5) is 5.69 Å². The molecule has 2 amide bonds. The monoisotopic (exact) mass is 619 g/mol. The largest absolute Gasteiger partial charge is 0.497 e. The molecule has 0 spiro atoms. The number of methoxy groups -OCH3 is 1. The third-order valence-corrected chi connectivity index (χ3v) is 8.99. The minimum Gasteiger partial charge on any atom is -0.497 e. The van der Waals surface area contributed by atoms with Crippen molar-refractivity contribution in [3.8, 4) is 5.75 Å². The van der Waals surface area contributed by atoms with Gasteiger partial charge in [-0.3, -0.25) is 13.9 Å². The average Bonchev–Trinajstić information content (AvgIpc) is 2.94. The van der Waals surface area contributed by atoms with Crippen LogP contribution in [0.5, 0.6) is 5.75 Å². The number of nitrogens with zero attached hydrogens (tertiary/aromatic N) is 2. The second-order valence-electron chi connectivity index (χ2n) is 10.1. The van der Waals surface area contributed by atoms with Crippen LogP contribution in [0.1, 0.15) is 31.9 Å². The van der Waals surface area contributed by atoms with E-state index < -0.39 is 28.5 Å². The van der Waals surface area contributed by atoms with Gasteiger partial charge in [0, 0.05) is 28.7 Å². The van der Waals surface area contributed by atoms with Gasteiger partial charge < -0.3 is 15.0 Å². The Hall–Kier alpha value is -3.27. The van der Waals surface area contributed by atoms with E-state index in [1.54, 1.807) is 49.4 Å². The van der Waals surface area contributed by atoms with E-state index in [4.69, 9.17) is 27.9 Å². The number of rotatable bonds is 12. The summed E-state index contributed by atoms with van der Waals surface area (Å²) in [5, 5.41) is 3.50. The van der Waals surface area contributed by atoms with Crippen molar-refractivity contribution in [2.24, 2.45) is 5.92 Å². The third kappa shape index (κ3) is 8.15. The van der Waals surface area contributed by atoms with Crippen molar-refractivity contribution in [2.75, 3.05) is 24.5 Å². The van der Waals surface area contributed by atoms with Gasteiger partial charge in [-0.25, -0.2) is 8.42 Å². The molecule has 3 aromatic carbocycles. The lowest BCUT2D eigenvalue weighted by Crippen LogP contribution is -2.51. The summed E-state index contributed by atoms with van der Waals surface area (Å²) in [6.45, 7) is 7.14. The summed E-state index contributed by atoms with van der Waals surface area (Å²) in [7, 11) is -2.71. The average molecular weight is 621 g/mol. The van der Waals surface area contributed by atoms with Gasteiger partial charge in [-0.05, 0) is 68.3 Å². The van der Waals surface area contributed by atoms with Crippen LogP contribution in [0.3, 0.4) is 0 Å². The maximum absolute atomic E-state index is 14.0. The molecule has 0 aliphatic carbocycles. The number of halogens is 2. The molecule has 0 bridgehead atoms. The zero-order valence-corrected chi connectivity index (χ0v) is 26.1. The fraction of sp³-hybridized carbons (Fsp3) is 0.333. The highest BCUT2D eigenvalue weighted by molar-refractivity contribution is 7.92. The first kappa shape index (κ1) is 32.2. The van der Waals surface area contributed by atoms with Crippen LogP contribution in [0, 0.1) is 12.8 Å². The maximum Gasteiger partial charge on any atom is 0.264 e. The van der Waals surface area contributed by atoms with E-state index in [2.05, 4.69) is 5.32 Å². The van der Waals surface area contributed by atoms with Crippen molar-refractivity contribution in [1.29, 1.82) is 0 Å². The smallest absolute Gasteiger partial charge is 0.264 e. The first-order valence-electron chi connectivity index (χ1n) is 13.1. The predicted molar refractivity (Wildman–Crippen MR) is 163 cm³/mol. The van der Waals surface area contributed by atoms with E-state index in [1.165, 1.54) is 36.3 Å². The molecule has 3 aromatic rings. The van der Waals surface area contributed by atoms with Crippen molar-refractivity contribution < 1.29 is 22.7 Å². The zero-order valence-electron chi connectivity index (χ0n) is 23.7. The van der Waals surface area contributed by atoms with Gasteiger partial charge in [-0.1, -0.05) is 60.8 Å². The van der Waals surface area contributed by atoms with Gasteiger partial charge in [0.2, 0.25) is 11.8 Å². The number of amides is 2. The first-order chi connectivity index (χ1) is 19.3. The number of benzene rings is 3. The molecular formula is C30H35Cl2N3O5S. The molecular weight excluding hydrogens is 585 g/mol. The van der Waals surface area contributed by atoms with E-state index >= 15 is 0 Å². The Morgan fingerprint density at radius 1 is 0.927 bits per heavy atom. The molecule has 0 aliphatic rings. The second-order valence-corrected chi connectivity index (χ2v) is 12.7. The summed E-state index contributed by atoms with van der Waals surface area (Å²) >= 11 is 12.8. The molecule has 3 rings (SSSR count). The molecule has 0 aromatic heterocycles. The first-order valence-corrected chi connectivity index (χ1v) is 15.3. The fourth-order valence-electron chi connectivity index (χ4n) is 4.00. The topological polar surface area (TPSA) is 96.0 Å². The lowest BCUT2D eigenvalue weighted by molar-refractivity contribution is -0.139. The molecule has 41 heavy (non-hydrogen) atoms. The molecule has 8 nitrogen and oxygen atoms in total. The SMILES string of the molecule is COc1ccc(S(=O)(=O)N(CC(=O)N(Cc2c(Cl)cccc2Cl)[C@H](C)C(=O)NCC(C)C)c2ccc(C)cc2)cc1. The van der Waals surface area contributed by atoms with Gasteiger partial charge >= 0.3 is 0 Å². The number of ether oxygens (including phenoxy) is 1. The molecule has 0 heterocycles. The number of carbonyl (C=O) groups is 2. The molecule has 0 radical (unpaired) electrons. The van der Waals surface area contributed by atoms with Crippen molar-refractivity contribution in [3.63, 3.8) is 0 Å². The molecule has 220 valence electrons. The molecule has 1 N–H and O–H groups in total.